The summed E-state index contributed by atoms with van der Waals surface area (Å²) in [6.07, 6.45) is 4.60. The van der Waals surface area contributed by atoms with Crippen molar-refractivity contribution in [2.75, 3.05) is 12.4 Å². The first-order chi connectivity index (χ1) is 10.2. The summed E-state index contributed by atoms with van der Waals surface area (Å²) >= 11 is 6.12. The molecule has 1 N–H and O–H groups in total. The normalized spacial score (nSPS) is 17.2. The molecule has 21 heavy (non-hydrogen) atoms. The number of hydrogen-bond acceptors (Lipinski definition) is 2. The first-order valence-electron chi connectivity index (χ1n) is 7.41. The number of amides is 1. The summed E-state index contributed by atoms with van der Waals surface area (Å²) < 4.78 is 1.75. The Bertz CT molecular complexity index is 659. The number of aromatic nitrogens is 2. The molecule has 1 heterocycles. The Labute approximate surface area is 129 Å². The molecule has 0 atom stereocenters. The molecular formula is C16H20ClN3O. The van der Waals surface area contributed by atoms with Gasteiger partial charge in [-0.2, -0.15) is 5.10 Å². The van der Waals surface area contributed by atoms with Crippen molar-refractivity contribution in [1.29, 1.82) is 0 Å². The second-order valence-electron chi connectivity index (χ2n) is 6.01. The number of benzene rings is 1. The predicted molar refractivity (Wildman–Crippen MR) is 84.7 cm³/mol. The van der Waals surface area contributed by atoms with Gasteiger partial charge in [0.2, 0.25) is 0 Å². The molecule has 0 saturated heterocycles. The van der Waals surface area contributed by atoms with E-state index in [1.807, 2.05) is 31.3 Å². The van der Waals surface area contributed by atoms with Gasteiger partial charge >= 0.3 is 0 Å². The Kier molecular flexibility index (Phi) is 3.89. The molecular weight excluding hydrogens is 286 g/mol. The molecule has 1 aliphatic rings. The van der Waals surface area contributed by atoms with Crippen LogP contribution in [0.1, 0.15) is 36.2 Å². The highest BCUT2D eigenvalue weighted by Gasteiger charge is 2.33. The number of alkyl halides is 1. The zero-order chi connectivity index (χ0) is 14.9. The third-order valence-electron chi connectivity index (χ3n) is 4.54. The summed E-state index contributed by atoms with van der Waals surface area (Å²) in [6, 6.07) is 7.78. The van der Waals surface area contributed by atoms with E-state index in [4.69, 9.17) is 11.6 Å². The van der Waals surface area contributed by atoms with Crippen LogP contribution in [0.25, 0.3) is 10.9 Å². The van der Waals surface area contributed by atoms with E-state index in [1.54, 1.807) is 4.68 Å². The Morgan fingerprint density at radius 2 is 2.10 bits per heavy atom. The fraction of sp³-hybridized carbons (Fsp3) is 0.500. The van der Waals surface area contributed by atoms with Gasteiger partial charge in [0.15, 0.2) is 5.69 Å². The van der Waals surface area contributed by atoms with Gasteiger partial charge in [0.25, 0.3) is 5.91 Å². The van der Waals surface area contributed by atoms with E-state index in [0.717, 1.165) is 23.7 Å². The molecule has 112 valence electrons. The molecule has 4 nitrogen and oxygen atoms in total. The van der Waals surface area contributed by atoms with E-state index >= 15 is 0 Å². The lowest BCUT2D eigenvalue weighted by Gasteiger charge is -2.26. The number of halogens is 1. The first kappa shape index (κ1) is 14.4. The van der Waals surface area contributed by atoms with Crippen LogP contribution >= 0.6 is 11.6 Å². The fourth-order valence-electron chi connectivity index (χ4n) is 3.22. The van der Waals surface area contributed by atoms with Gasteiger partial charge in [-0.3, -0.25) is 9.48 Å². The highest BCUT2D eigenvalue weighted by Crippen LogP contribution is 2.38. The van der Waals surface area contributed by atoms with Crippen molar-refractivity contribution in [3.8, 4) is 0 Å². The van der Waals surface area contributed by atoms with Crippen LogP contribution in [-0.4, -0.2) is 28.1 Å². The van der Waals surface area contributed by atoms with Crippen LogP contribution in [0.5, 0.6) is 0 Å². The predicted octanol–water partition coefficient (Wildman–Crippen LogP) is 3.10. The maximum Gasteiger partial charge on any atom is 0.272 e. The molecule has 0 unspecified atom stereocenters. The topological polar surface area (TPSA) is 46.9 Å². The lowest BCUT2D eigenvalue weighted by molar-refractivity contribution is 0.0931. The smallest absolute Gasteiger partial charge is 0.272 e. The summed E-state index contributed by atoms with van der Waals surface area (Å²) in [5.74, 6) is 0.499. The van der Waals surface area contributed by atoms with Crippen LogP contribution < -0.4 is 5.32 Å². The minimum atomic E-state index is -0.108. The number of carbonyl (C=O) groups is 1. The maximum absolute atomic E-state index is 12.5. The zero-order valence-electron chi connectivity index (χ0n) is 12.2. The number of carbonyl (C=O) groups excluding carboxylic acids is 1. The minimum absolute atomic E-state index is 0.0712. The molecule has 0 bridgehead atoms. The first-order valence-corrected chi connectivity index (χ1v) is 7.95. The fourth-order valence-corrected chi connectivity index (χ4v) is 3.58. The monoisotopic (exact) mass is 305 g/mol. The van der Waals surface area contributed by atoms with Gasteiger partial charge in [0.05, 0.1) is 5.52 Å². The quantitative estimate of drug-likeness (QED) is 0.882. The van der Waals surface area contributed by atoms with Crippen molar-refractivity contribution in [1.82, 2.24) is 15.1 Å². The molecule has 5 heteroatoms. The number of nitrogens with one attached hydrogen (secondary N) is 1. The number of fused-ring (bicyclic) bond motifs is 1. The Morgan fingerprint density at radius 1 is 1.38 bits per heavy atom. The highest BCUT2D eigenvalue weighted by atomic mass is 35.5. The van der Waals surface area contributed by atoms with E-state index in [1.165, 1.54) is 12.8 Å². The molecule has 1 saturated carbocycles. The Balaban J connectivity index is 1.78. The summed E-state index contributed by atoms with van der Waals surface area (Å²) in [5, 5.41) is 8.29. The van der Waals surface area contributed by atoms with Gasteiger partial charge in [-0.05, 0) is 18.9 Å². The average molecular weight is 306 g/mol. The van der Waals surface area contributed by atoms with E-state index in [-0.39, 0.29) is 11.3 Å². The highest BCUT2D eigenvalue weighted by molar-refractivity contribution is 6.18. The van der Waals surface area contributed by atoms with E-state index < -0.39 is 0 Å². The number of rotatable bonds is 4. The van der Waals surface area contributed by atoms with E-state index in [2.05, 4.69) is 10.4 Å². The van der Waals surface area contributed by atoms with Crippen molar-refractivity contribution in [3.05, 3.63) is 30.0 Å². The SMILES string of the molecule is Cn1nc(C(=O)NCC2(CCl)CCCC2)c2ccccc21. The molecule has 0 radical (unpaired) electrons. The van der Waals surface area contributed by atoms with Crippen LogP contribution in [0.4, 0.5) is 0 Å². The lowest BCUT2D eigenvalue weighted by Crippen LogP contribution is -2.37. The molecule has 1 fully saturated rings. The van der Waals surface area contributed by atoms with Gasteiger partial charge < -0.3 is 5.32 Å². The second-order valence-corrected chi connectivity index (χ2v) is 6.28. The molecule has 0 aliphatic heterocycles. The zero-order valence-corrected chi connectivity index (χ0v) is 13.0. The maximum atomic E-state index is 12.5. The molecule has 2 aromatic rings. The van der Waals surface area contributed by atoms with Crippen molar-refractivity contribution in [2.24, 2.45) is 12.5 Å². The third kappa shape index (κ3) is 2.64. The van der Waals surface area contributed by atoms with Crippen molar-refractivity contribution in [2.45, 2.75) is 25.7 Å². The van der Waals surface area contributed by atoms with Gasteiger partial charge in [-0.15, -0.1) is 11.6 Å². The summed E-state index contributed by atoms with van der Waals surface area (Å²) in [6.45, 7) is 0.639. The minimum Gasteiger partial charge on any atom is -0.350 e. The van der Waals surface area contributed by atoms with Crippen molar-refractivity contribution < 1.29 is 4.79 Å². The van der Waals surface area contributed by atoms with Gasteiger partial charge in [0, 0.05) is 30.3 Å². The number of para-hydroxylation sites is 1. The van der Waals surface area contributed by atoms with Gasteiger partial charge in [0.1, 0.15) is 0 Å². The van der Waals surface area contributed by atoms with Crippen molar-refractivity contribution >= 4 is 28.4 Å². The average Bonchev–Trinajstić information content (AvgIpc) is 3.11. The number of hydrogen-bond donors (Lipinski definition) is 1. The molecule has 1 aliphatic carbocycles. The number of nitrogens with zero attached hydrogens (tertiary/aromatic N) is 2. The second kappa shape index (κ2) is 5.68. The third-order valence-corrected chi connectivity index (χ3v) is 5.11. The van der Waals surface area contributed by atoms with Crippen LogP contribution in [0.15, 0.2) is 24.3 Å². The lowest BCUT2D eigenvalue weighted by atomic mass is 9.88. The Morgan fingerprint density at radius 3 is 2.81 bits per heavy atom. The molecule has 3 rings (SSSR count). The van der Waals surface area contributed by atoms with Crippen LogP contribution in [0, 0.1) is 5.41 Å². The van der Waals surface area contributed by atoms with Gasteiger partial charge in [-0.1, -0.05) is 31.0 Å². The van der Waals surface area contributed by atoms with Crippen LogP contribution in [0.3, 0.4) is 0 Å². The van der Waals surface area contributed by atoms with Gasteiger partial charge in [-0.25, -0.2) is 0 Å². The molecule has 1 amide bonds. The molecule has 1 aromatic heterocycles. The molecule has 1 aromatic carbocycles. The standard InChI is InChI=1S/C16H20ClN3O/c1-20-13-7-3-2-6-12(13)14(19-20)15(21)18-11-16(10-17)8-4-5-9-16/h2-3,6-7H,4-5,8-11H2,1H3,(H,18,21). The van der Waals surface area contributed by atoms with Crippen LogP contribution in [-0.2, 0) is 7.05 Å². The largest absolute Gasteiger partial charge is 0.350 e. The van der Waals surface area contributed by atoms with E-state index in [0.29, 0.717) is 18.1 Å². The number of aryl methyl sites for hydroxylation is 1. The summed E-state index contributed by atoms with van der Waals surface area (Å²) in [4.78, 5) is 12.5. The Hall–Kier alpha value is -1.55. The van der Waals surface area contributed by atoms with E-state index in [9.17, 15) is 4.79 Å². The molecule has 0 spiro atoms. The van der Waals surface area contributed by atoms with Crippen LogP contribution in [0.2, 0.25) is 0 Å². The summed E-state index contributed by atoms with van der Waals surface area (Å²) in [7, 11) is 1.86. The summed E-state index contributed by atoms with van der Waals surface area (Å²) in [5.41, 5.74) is 1.54. The van der Waals surface area contributed by atoms with Crippen molar-refractivity contribution in [3.63, 3.8) is 0 Å².